The molecule has 0 aromatic carbocycles. The fourth-order valence-corrected chi connectivity index (χ4v) is 1.22. The van der Waals surface area contributed by atoms with Crippen molar-refractivity contribution in [2.75, 3.05) is 0 Å². The second-order valence-electron chi connectivity index (χ2n) is 2.97. The van der Waals surface area contributed by atoms with Gasteiger partial charge in [0.2, 0.25) is 0 Å². The first-order valence-electron chi connectivity index (χ1n) is 5.08. The minimum absolute atomic E-state index is 0.990. The van der Waals surface area contributed by atoms with Gasteiger partial charge in [0, 0.05) is 25.0 Å². The Bertz CT molecular complexity index is 320. The lowest BCUT2D eigenvalue weighted by atomic mass is 10.1. The third kappa shape index (κ3) is 2.55. The topological polar surface area (TPSA) is 30.2 Å². The van der Waals surface area contributed by atoms with E-state index in [2.05, 4.69) is 17.0 Å². The average Bonchev–Trinajstić information content (AvgIpc) is 2.75. The van der Waals surface area contributed by atoms with E-state index in [1.807, 2.05) is 37.0 Å². The van der Waals surface area contributed by atoms with Crippen molar-refractivity contribution in [2.24, 2.45) is 4.99 Å². The zero-order chi connectivity index (χ0) is 10.4. The molecule has 0 N–H and O–H groups in total. The van der Waals surface area contributed by atoms with Crippen molar-refractivity contribution in [1.82, 2.24) is 9.78 Å². The Hall–Kier alpha value is -1.38. The highest BCUT2D eigenvalue weighted by atomic mass is 15.3. The normalized spacial score (nSPS) is 15.1. The van der Waals surface area contributed by atoms with E-state index in [-0.39, 0.29) is 0 Å². The summed E-state index contributed by atoms with van der Waals surface area (Å²) in [6, 6.07) is 1.91. The summed E-state index contributed by atoms with van der Waals surface area (Å²) in [5.74, 6) is 1.03. The Morgan fingerprint density at radius 1 is 1.29 bits per heavy atom. The summed E-state index contributed by atoms with van der Waals surface area (Å²) in [7, 11) is 0. The first-order chi connectivity index (χ1) is 6.86. The van der Waals surface area contributed by atoms with Gasteiger partial charge in [-0.15, -0.1) is 0 Å². The van der Waals surface area contributed by atoms with E-state index in [9.17, 15) is 0 Å². The van der Waals surface area contributed by atoms with E-state index in [1.165, 1.54) is 5.57 Å². The number of allylic oxidation sites excluding steroid dienone is 1. The first-order valence-corrected chi connectivity index (χ1v) is 5.08. The SMILES string of the molecule is CC.CC1=CN=C(n2cccn2)CC1. The molecular formula is C11H17N3. The van der Waals surface area contributed by atoms with E-state index in [0.717, 1.165) is 18.7 Å². The molecule has 0 saturated heterocycles. The predicted molar refractivity (Wildman–Crippen MR) is 59.4 cm³/mol. The van der Waals surface area contributed by atoms with Gasteiger partial charge >= 0.3 is 0 Å². The molecule has 0 radical (unpaired) electrons. The van der Waals surface area contributed by atoms with Crippen LogP contribution in [0, 0.1) is 0 Å². The molecular weight excluding hydrogens is 174 g/mol. The van der Waals surface area contributed by atoms with E-state index < -0.39 is 0 Å². The fraction of sp³-hybridized carbons (Fsp3) is 0.455. The van der Waals surface area contributed by atoms with E-state index in [1.54, 1.807) is 6.20 Å². The van der Waals surface area contributed by atoms with Crippen LogP contribution in [0.25, 0.3) is 0 Å². The lowest BCUT2D eigenvalue weighted by molar-refractivity contribution is 0.853. The summed E-state index contributed by atoms with van der Waals surface area (Å²) in [5.41, 5.74) is 1.34. The molecule has 2 heterocycles. The highest BCUT2D eigenvalue weighted by Crippen LogP contribution is 2.11. The summed E-state index contributed by atoms with van der Waals surface area (Å²) in [6.07, 6.45) is 7.70. The molecule has 1 aliphatic rings. The van der Waals surface area contributed by atoms with Crippen LogP contribution >= 0.6 is 0 Å². The lowest BCUT2D eigenvalue weighted by Gasteiger charge is -2.09. The Morgan fingerprint density at radius 2 is 2.07 bits per heavy atom. The minimum Gasteiger partial charge on any atom is -0.241 e. The largest absolute Gasteiger partial charge is 0.241 e. The molecule has 14 heavy (non-hydrogen) atoms. The van der Waals surface area contributed by atoms with Crippen molar-refractivity contribution >= 4 is 5.84 Å². The van der Waals surface area contributed by atoms with Gasteiger partial charge in [0.05, 0.1) is 0 Å². The van der Waals surface area contributed by atoms with Crippen molar-refractivity contribution < 1.29 is 0 Å². The van der Waals surface area contributed by atoms with Crippen LogP contribution in [0.3, 0.4) is 0 Å². The van der Waals surface area contributed by atoms with Gasteiger partial charge in [-0.3, -0.25) is 0 Å². The Labute approximate surface area is 85.2 Å². The number of aliphatic imine (C=N–C) groups is 1. The summed E-state index contributed by atoms with van der Waals surface area (Å²) < 4.78 is 1.82. The van der Waals surface area contributed by atoms with E-state index in [4.69, 9.17) is 0 Å². The third-order valence-corrected chi connectivity index (χ3v) is 1.95. The fourth-order valence-electron chi connectivity index (χ4n) is 1.22. The smallest absolute Gasteiger partial charge is 0.130 e. The van der Waals surface area contributed by atoms with Gasteiger partial charge in [0.1, 0.15) is 5.84 Å². The summed E-state index contributed by atoms with van der Waals surface area (Å²) >= 11 is 0. The molecule has 0 atom stereocenters. The third-order valence-electron chi connectivity index (χ3n) is 1.95. The summed E-state index contributed by atoms with van der Waals surface area (Å²) in [6.45, 7) is 6.10. The maximum Gasteiger partial charge on any atom is 0.130 e. The maximum atomic E-state index is 4.31. The van der Waals surface area contributed by atoms with Gasteiger partial charge in [0.15, 0.2) is 0 Å². The number of hydrogen-bond donors (Lipinski definition) is 0. The Morgan fingerprint density at radius 3 is 2.57 bits per heavy atom. The maximum absolute atomic E-state index is 4.31. The minimum atomic E-state index is 0.990. The van der Waals surface area contributed by atoms with Crippen LogP contribution in [0.5, 0.6) is 0 Å². The zero-order valence-corrected chi connectivity index (χ0v) is 9.07. The van der Waals surface area contributed by atoms with E-state index in [0.29, 0.717) is 0 Å². The number of nitrogens with zero attached hydrogens (tertiary/aromatic N) is 3. The molecule has 0 amide bonds. The molecule has 0 fully saturated rings. The highest BCUT2D eigenvalue weighted by molar-refractivity contribution is 5.85. The van der Waals surface area contributed by atoms with Gasteiger partial charge in [0.25, 0.3) is 0 Å². The molecule has 0 spiro atoms. The van der Waals surface area contributed by atoms with Crippen LogP contribution in [0.15, 0.2) is 35.2 Å². The highest BCUT2D eigenvalue weighted by Gasteiger charge is 2.06. The number of hydrogen-bond acceptors (Lipinski definition) is 2. The van der Waals surface area contributed by atoms with Gasteiger partial charge in [-0.2, -0.15) is 5.10 Å². The number of aromatic nitrogens is 2. The quantitative estimate of drug-likeness (QED) is 0.620. The van der Waals surface area contributed by atoms with Crippen molar-refractivity contribution in [3.8, 4) is 0 Å². The molecule has 0 bridgehead atoms. The molecule has 3 heteroatoms. The van der Waals surface area contributed by atoms with Crippen molar-refractivity contribution in [3.63, 3.8) is 0 Å². The molecule has 3 nitrogen and oxygen atoms in total. The molecule has 76 valence electrons. The monoisotopic (exact) mass is 191 g/mol. The van der Waals surface area contributed by atoms with Crippen LogP contribution in [0.1, 0.15) is 33.6 Å². The van der Waals surface area contributed by atoms with Crippen LogP contribution in [-0.2, 0) is 0 Å². The van der Waals surface area contributed by atoms with Crippen molar-refractivity contribution in [1.29, 1.82) is 0 Å². The van der Waals surface area contributed by atoms with Crippen molar-refractivity contribution in [2.45, 2.75) is 33.6 Å². The zero-order valence-electron chi connectivity index (χ0n) is 9.07. The van der Waals surface area contributed by atoms with Gasteiger partial charge in [-0.05, 0) is 19.4 Å². The molecule has 1 aromatic rings. The molecule has 1 aromatic heterocycles. The molecule has 0 saturated carbocycles. The second kappa shape index (κ2) is 5.37. The van der Waals surface area contributed by atoms with Crippen LogP contribution in [-0.4, -0.2) is 15.6 Å². The predicted octanol–water partition coefficient (Wildman–Crippen LogP) is 2.85. The Balaban J connectivity index is 0.000000461. The second-order valence-corrected chi connectivity index (χ2v) is 2.97. The van der Waals surface area contributed by atoms with Crippen LogP contribution in [0.2, 0.25) is 0 Å². The lowest BCUT2D eigenvalue weighted by Crippen LogP contribution is -2.14. The average molecular weight is 191 g/mol. The van der Waals surface area contributed by atoms with Crippen LogP contribution < -0.4 is 0 Å². The first kappa shape index (κ1) is 10.7. The molecule has 1 aliphatic heterocycles. The van der Waals surface area contributed by atoms with Gasteiger partial charge < -0.3 is 0 Å². The Kier molecular flexibility index (Phi) is 4.11. The van der Waals surface area contributed by atoms with E-state index >= 15 is 0 Å². The summed E-state index contributed by atoms with van der Waals surface area (Å²) in [4.78, 5) is 4.31. The summed E-state index contributed by atoms with van der Waals surface area (Å²) in [5, 5.41) is 4.12. The number of rotatable bonds is 0. The molecule has 0 unspecified atom stereocenters. The standard InChI is InChI=1S/C9H11N3.C2H6/c1-8-3-4-9(10-7-8)12-6-2-5-11-12;1-2/h2,5-7H,3-4H2,1H3;1-2H3. The van der Waals surface area contributed by atoms with Crippen molar-refractivity contribution in [3.05, 3.63) is 30.2 Å². The van der Waals surface area contributed by atoms with Gasteiger partial charge in [-0.1, -0.05) is 19.4 Å². The van der Waals surface area contributed by atoms with Crippen LogP contribution in [0.4, 0.5) is 0 Å². The molecule has 2 rings (SSSR count). The van der Waals surface area contributed by atoms with Gasteiger partial charge in [-0.25, -0.2) is 9.67 Å². The molecule has 0 aliphatic carbocycles.